The van der Waals surface area contributed by atoms with Crippen LogP contribution in [-0.4, -0.2) is 67.2 Å². The lowest BCUT2D eigenvalue weighted by Crippen LogP contribution is -2.44. The first-order chi connectivity index (χ1) is 17.5. The van der Waals surface area contributed by atoms with E-state index in [-0.39, 0.29) is 5.91 Å². The molecular formula is C27H30ClN5O3. The molecule has 3 aromatic rings. The van der Waals surface area contributed by atoms with Gasteiger partial charge in [0.15, 0.2) is 0 Å². The van der Waals surface area contributed by atoms with Gasteiger partial charge in [-0.2, -0.15) is 0 Å². The van der Waals surface area contributed by atoms with Gasteiger partial charge in [-0.15, -0.1) is 0 Å². The summed E-state index contributed by atoms with van der Waals surface area (Å²) in [7, 11) is 2.17. The molecule has 1 aromatic heterocycles. The summed E-state index contributed by atoms with van der Waals surface area (Å²) in [6, 6.07) is 13.4. The monoisotopic (exact) mass is 507 g/mol. The van der Waals surface area contributed by atoms with E-state index in [2.05, 4.69) is 32.6 Å². The number of aryl methyl sites for hydroxylation is 1. The van der Waals surface area contributed by atoms with E-state index in [0.29, 0.717) is 28.8 Å². The Hall–Kier alpha value is -3.33. The summed E-state index contributed by atoms with van der Waals surface area (Å²) in [5.41, 5.74) is 4.49. The largest absolute Gasteiger partial charge is 0.494 e. The fourth-order valence-corrected chi connectivity index (χ4v) is 4.70. The quantitative estimate of drug-likeness (QED) is 0.337. The summed E-state index contributed by atoms with van der Waals surface area (Å²) in [5.74, 6) is 1.09. The van der Waals surface area contributed by atoms with Crippen molar-refractivity contribution in [3.8, 4) is 16.9 Å². The van der Waals surface area contributed by atoms with Crippen LogP contribution in [0.5, 0.6) is 5.75 Å². The molecular weight excluding hydrogens is 478 g/mol. The van der Waals surface area contributed by atoms with E-state index < -0.39 is 0 Å². The van der Waals surface area contributed by atoms with Crippen LogP contribution in [0.4, 0.5) is 11.6 Å². The number of carbonyl (C=O) groups excluding carboxylic acids is 1. The summed E-state index contributed by atoms with van der Waals surface area (Å²) >= 11 is 6.59. The van der Waals surface area contributed by atoms with Gasteiger partial charge in [-0.1, -0.05) is 28.9 Å². The number of likely N-dealkylation sites (N-methyl/N-ethyl adjacent to an activating group) is 1. The van der Waals surface area contributed by atoms with Crippen molar-refractivity contribution in [1.82, 2.24) is 15.0 Å². The molecule has 8 nitrogen and oxygen atoms in total. The number of nitrogens with one attached hydrogen (secondary N) is 2. The molecule has 1 fully saturated rings. The summed E-state index contributed by atoms with van der Waals surface area (Å²) < 4.78 is 11.1. The Labute approximate surface area is 215 Å². The molecule has 3 heterocycles. The van der Waals surface area contributed by atoms with Crippen molar-refractivity contribution in [2.45, 2.75) is 13.3 Å². The molecule has 9 heteroatoms. The zero-order valence-corrected chi connectivity index (χ0v) is 21.3. The molecule has 1 saturated heterocycles. The highest BCUT2D eigenvalue weighted by molar-refractivity contribution is 6.36. The first-order valence-corrected chi connectivity index (χ1v) is 12.5. The van der Waals surface area contributed by atoms with Gasteiger partial charge in [-0.25, -0.2) is 0 Å². The normalized spacial score (nSPS) is 17.3. The van der Waals surface area contributed by atoms with E-state index in [1.54, 1.807) is 18.3 Å². The fraction of sp³-hybridized carbons (Fsp3) is 0.333. The number of carbonyl (C=O) groups is 1. The van der Waals surface area contributed by atoms with Crippen LogP contribution in [0.25, 0.3) is 16.7 Å². The maximum Gasteiger partial charge on any atom is 0.257 e. The lowest BCUT2D eigenvalue weighted by molar-refractivity contribution is -0.110. The van der Waals surface area contributed by atoms with Crippen molar-refractivity contribution in [1.29, 1.82) is 0 Å². The fourth-order valence-electron chi connectivity index (χ4n) is 4.43. The number of piperazine rings is 1. The molecule has 2 N–H and O–H groups in total. The molecule has 0 atom stereocenters. The highest BCUT2D eigenvalue weighted by Gasteiger charge is 2.26. The van der Waals surface area contributed by atoms with Crippen molar-refractivity contribution in [3.05, 3.63) is 64.9 Å². The van der Waals surface area contributed by atoms with E-state index in [9.17, 15) is 4.79 Å². The number of fused-ring (bicyclic) bond motifs is 1. The minimum Gasteiger partial charge on any atom is -0.494 e. The number of hydrogen-bond donors (Lipinski definition) is 2. The maximum atomic E-state index is 12.6. The molecule has 0 bridgehead atoms. The number of ether oxygens (including phenoxy) is 1. The third kappa shape index (κ3) is 5.56. The smallest absolute Gasteiger partial charge is 0.257 e. The average molecular weight is 508 g/mol. The topological polar surface area (TPSA) is 82.9 Å². The Morgan fingerprint density at radius 1 is 1.14 bits per heavy atom. The molecule has 0 aliphatic carbocycles. The Bertz CT molecular complexity index is 1260. The number of halogens is 1. The lowest BCUT2D eigenvalue weighted by atomic mass is 9.99. The van der Waals surface area contributed by atoms with Gasteiger partial charge in [0.2, 0.25) is 5.88 Å². The Kier molecular flexibility index (Phi) is 7.27. The number of amides is 1. The molecule has 2 aliphatic rings. The number of benzene rings is 2. The predicted molar refractivity (Wildman–Crippen MR) is 142 cm³/mol. The van der Waals surface area contributed by atoms with Crippen LogP contribution in [0.1, 0.15) is 17.7 Å². The Morgan fingerprint density at radius 3 is 2.64 bits per heavy atom. The minimum absolute atomic E-state index is 0.206. The molecule has 5 rings (SSSR count). The van der Waals surface area contributed by atoms with E-state index in [1.165, 1.54) is 0 Å². The molecule has 2 aromatic carbocycles. The van der Waals surface area contributed by atoms with E-state index in [1.807, 2.05) is 37.3 Å². The Balaban J connectivity index is 1.23. The Morgan fingerprint density at radius 2 is 1.92 bits per heavy atom. The van der Waals surface area contributed by atoms with Crippen LogP contribution in [0, 0.1) is 6.92 Å². The third-order valence-electron chi connectivity index (χ3n) is 6.53. The minimum atomic E-state index is -0.206. The first-order valence-electron chi connectivity index (χ1n) is 12.2. The van der Waals surface area contributed by atoms with E-state index in [4.69, 9.17) is 20.9 Å². The SMILES string of the molecule is Cc1cc(N/C=C2\C(=O)Nc3cc(Cl)c(-c4ccc(OCCCN5CCN(C)CC5)cc4)cc32)on1. The highest BCUT2D eigenvalue weighted by atomic mass is 35.5. The van der Waals surface area contributed by atoms with Gasteiger partial charge in [0.25, 0.3) is 5.91 Å². The second-order valence-corrected chi connectivity index (χ2v) is 9.65. The van der Waals surface area contributed by atoms with Gasteiger partial charge in [0.1, 0.15) is 5.75 Å². The third-order valence-corrected chi connectivity index (χ3v) is 6.84. The molecule has 0 unspecified atom stereocenters. The van der Waals surface area contributed by atoms with Gasteiger partial charge in [0.05, 0.1) is 28.6 Å². The molecule has 1 amide bonds. The zero-order valence-electron chi connectivity index (χ0n) is 20.5. The van der Waals surface area contributed by atoms with Crippen LogP contribution < -0.4 is 15.4 Å². The summed E-state index contributed by atoms with van der Waals surface area (Å²) in [6.45, 7) is 8.09. The molecule has 0 radical (unpaired) electrons. The lowest BCUT2D eigenvalue weighted by Gasteiger charge is -2.32. The summed E-state index contributed by atoms with van der Waals surface area (Å²) in [6.07, 6.45) is 2.62. The number of hydrogen-bond acceptors (Lipinski definition) is 7. The maximum absolute atomic E-state index is 12.6. The summed E-state index contributed by atoms with van der Waals surface area (Å²) in [5, 5.41) is 10.3. The molecule has 0 saturated carbocycles. The zero-order chi connectivity index (χ0) is 25.1. The molecule has 36 heavy (non-hydrogen) atoms. The van der Waals surface area contributed by atoms with Crippen molar-refractivity contribution >= 4 is 34.7 Å². The van der Waals surface area contributed by atoms with Crippen molar-refractivity contribution < 1.29 is 14.1 Å². The van der Waals surface area contributed by atoms with Crippen LogP contribution >= 0.6 is 11.6 Å². The second-order valence-electron chi connectivity index (χ2n) is 9.24. The van der Waals surface area contributed by atoms with Crippen LogP contribution in [0.2, 0.25) is 5.02 Å². The number of nitrogens with zero attached hydrogens (tertiary/aromatic N) is 3. The highest BCUT2D eigenvalue weighted by Crippen LogP contribution is 2.40. The molecule has 188 valence electrons. The van der Waals surface area contributed by atoms with Crippen LogP contribution in [0.15, 0.2) is 53.2 Å². The predicted octanol–water partition coefficient (Wildman–Crippen LogP) is 4.72. The van der Waals surface area contributed by atoms with Crippen molar-refractivity contribution in [2.75, 3.05) is 57.0 Å². The van der Waals surface area contributed by atoms with Crippen LogP contribution in [0.3, 0.4) is 0 Å². The number of anilines is 2. The van der Waals surface area contributed by atoms with Gasteiger partial charge in [-0.3, -0.25) is 4.79 Å². The number of rotatable bonds is 8. The van der Waals surface area contributed by atoms with Crippen molar-refractivity contribution in [2.24, 2.45) is 0 Å². The first kappa shape index (κ1) is 24.4. The second kappa shape index (κ2) is 10.7. The van der Waals surface area contributed by atoms with Crippen molar-refractivity contribution in [3.63, 3.8) is 0 Å². The van der Waals surface area contributed by atoms with Gasteiger partial charge in [-0.05, 0) is 50.2 Å². The number of aromatic nitrogens is 1. The van der Waals surface area contributed by atoms with Crippen LogP contribution in [-0.2, 0) is 4.79 Å². The van der Waals surface area contributed by atoms with Gasteiger partial charge >= 0.3 is 0 Å². The van der Waals surface area contributed by atoms with E-state index in [0.717, 1.165) is 67.3 Å². The summed E-state index contributed by atoms with van der Waals surface area (Å²) in [4.78, 5) is 17.4. The van der Waals surface area contributed by atoms with Gasteiger partial charge < -0.3 is 29.7 Å². The standard InChI is InChI=1S/C27H30ClN5O3/c1-18-14-26(36-31-18)29-17-23-22-15-21(24(28)16-25(22)30-27(23)34)19-4-6-20(7-5-19)35-13-3-8-33-11-9-32(2)10-12-33/h4-7,14-17,29H,3,8-13H2,1-2H3,(H,30,34)/b23-17-. The average Bonchev–Trinajstić information content (AvgIpc) is 3.42. The molecule has 2 aliphatic heterocycles. The van der Waals surface area contributed by atoms with Gasteiger partial charge in [0, 0.05) is 56.1 Å². The van der Waals surface area contributed by atoms with E-state index >= 15 is 0 Å². The molecule has 0 spiro atoms.